The summed E-state index contributed by atoms with van der Waals surface area (Å²) in [5.74, 6) is 2.26. The number of methoxy groups -OCH3 is 1. The van der Waals surface area contributed by atoms with Gasteiger partial charge in [0.05, 0.1) is 12.8 Å². The molecule has 2 heterocycles. The quantitative estimate of drug-likeness (QED) is 0.752. The first-order chi connectivity index (χ1) is 13.2. The summed E-state index contributed by atoms with van der Waals surface area (Å²) in [6.07, 6.45) is 7.69. The van der Waals surface area contributed by atoms with Gasteiger partial charge in [0.15, 0.2) is 0 Å². The van der Waals surface area contributed by atoms with Crippen molar-refractivity contribution in [2.75, 3.05) is 13.7 Å². The van der Waals surface area contributed by atoms with Crippen molar-refractivity contribution in [2.45, 2.75) is 31.6 Å². The van der Waals surface area contributed by atoms with Crippen LogP contribution in [-0.2, 0) is 0 Å². The third-order valence-electron chi connectivity index (χ3n) is 5.36. The summed E-state index contributed by atoms with van der Waals surface area (Å²) >= 11 is 0. The van der Waals surface area contributed by atoms with Crippen LogP contribution in [0.1, 0.15) is 47.7 Å². The van der Waals surface area contributed by atoms with E-state index in [0.29, 0.717) is 35.5 Å². The van der Waals surface area contributed by atoms with Crippen molar-refractivity contribution in [1.29, 1.82) is 0 Å². The molecule has 1 N–H and O–H groups in total. The molecule has 0 radical (unpaired) electrons. The first kappa shape index (κ1) is 17.5. The summed E-state index contributed by atoms with van der Waals surface area (Å²) in [4.78, 5) is 20.8. The maximum Gasteiger partial charge on any atom is 0.252 e. The van der Waals surface area contributed by atoms with Gasteiger partial charge in [0, 0.05) is 24.2 Å². The maximum absolute atomic E-state index is 12.4. The summed E-state index contributed by atoms with van der Waals surface area (Å²) in [6.45, 7) is 0.706. The lowest BCUT2D eigenvalue weighted by atomic mass is 9.80. The Balaban J connectivity index is 1.32. The van der Waals surface area contributed by atoms with E-state index in [4.69, 9.17) is 4.74 Å². The van der Waals surface area contributed by atoms with E-state index in [1.807, 2.05) is 28.8 Å². The average Bonchev–Trinajstić information content (AvgIpc) is 3.21. The van der Waals surface area contributed by atoms with Crippen LogP contribution in [-0.4, -0.2) is 39.1 Å². The van der Waals surface area contributed by atoms with Gasteiger partial charge in [-0.25, -0.2) is 9.50 Å². The smallest absolute Gasteiger partial charge is 0.252 e. The minimum absolute atomic E-state index is 0.0468. The highest BCUT2D eigenvalue weighted by molar-refractivity contribution is 5.94. The molecule has 27 heavy (non-hydrogen) atoms. The van der Waals surface area contributed by atoms with Gasteiger partial charge in [-0.15, -0.1) is 0 Å². The lowest BCUT2D eigenvalue weighted by Gasteiger charge is -2.28. The van der Waals surface area contributed by atoms with E-state index >= 15 is 0 Å². The molecule has 3 aromatic rings. The van der Waals surface area contributed by atoms with E-state index in [-0.39, 0.29) is 5.91 Å². The lowest BCUT2D eigenvalue weighted by molar-refractivity contribution is 0.0942. The zero-order chi connectivity index (χ0) is 18.6. The monoisotopic (exact) mass is 365 g/mol. The van der Waals surface area contributed by atoms with E-state index in [1.54, 1.807) is 25.7 Å². The molecule has 0 bridgehead atoms. The van der Waals surface area contributed by atoms with Gasteiger partial charge in [0.25, 0.3) is 11.7 Å². The number of carbonyl (C=O) groups is 1. The Morgan fingerprint density at radius 3 is 2.89 bits per heavy atom. The largest absolute Gasteiger partial charge is 0.497 e. The summed E-state index contributed by atoms with van der Waals surface area (Å²) in [5.41, 5.74) is 1.81. The highest BCUT2D eigenvalue weighted by atomic mass is 16.5. The molecule has 4 rings (SSSR count). The number of benzene rings is 1. The molecular weight excluding hydrogens is 342 g/mol. The number of nitrogens with one attached hydrogen (secondary N) is 1. The standard InChI is InChI=1S/C20H23N5O2/c1-27-17-4-2-3-16(11-17)19(26)22-12-14-5-7-15(8-6-14)18-9-10-21-20-23-13-24-25(18)20/h2-4,9-11,13-15H,5-8,12H2,1H3,(H,22,26). The van der Waals surface area contributed by atoms with Crippen molar-refractivity contribution < 1.29 is 9.53 Å². The molecule has 7 heteroatoms. The number of hydrogen-bond acceptors (Lipinski definition) is 5. The topological polar surface area (TPSA) is 81.4 Å². The molecule has 1 saturated carbocycles. The molecule has 140 valence electrons. The van der Waals surface area contributed by atoms with E-state index in [1.165, 1.54) is 5.69 Å². The SMILES string of the molecule is COc1cccc(C(=O)NCC2CCC(c3ccnc4ncnn34)CC2)c1. The Hall–Kier alpha value is -2.96. The fourth-order valence-electron chi connectivity index (χ4n) is 3.83. The predicted molar refractivity (Wildman–Crippen MR) is 101 cm³/mol. The third-order valence-corrected chi connectivity index (χ3v) is 5.36. The number of amides is 1. The van der Waals surface area contributed by atoms with Crippen molar-refractivity contribution in [2.24, 2.45) is 5.92 Å². The Morgan fingerprint density at radius 2 is 2.07 bits per heavy atom. The summed E-state index contributed by atoms with van der Waals surface area (Å²) in [7, 11) is 1.60. The molecule has 0 saturated heterocycles. The van der Waals surface area contributed by atoms with Crippen LogP contribution in [0, 0.1) is 5.92 Å². The second kappa shape index (κ2) is 7.73. The molecule has 1 fully saturated rings. The molecule has 2 aromatic heterocycles. The molecule has 0 spiro atoms. The van der Waals surface area contributed by atoms with E-state index in [9.17, 15) is 4.79 Å². The second-order valence-electron chi connectivity index (χ2n) is 7.00. The molecule has 1 amide bonds. The van der Waals surface area contributed by atoms with Gasteiger partial charge in [-0.3, -0.25) is 4.79 Å². The van der Waals surface area contributed by atoms with Crippen LogP contribution < -0.4 is 10.1 Å². The van der Waals surface area contributed by atoms with Crippen molar-refractivity contribution >= 4 is 11.7 Å². The van der Waals surface area contributed by atoms with Crippen LogP contribution in [0.4, 0.5) is 0 Å². The Kier molecular flexibility index (Phi) is 5.00. The van der Waals surface area contributed by atoms with Gasteiger partial charge in [0.1, 0.15) is 12.1 Å². The van der Waals surface area contributed by atoms with Crippen LogP contribution >= 0.6 is 0 Å². The highest BCUT2D eigenvalue weighted by Gasteiger charge is 2.25. The highest BCUT2D eigenvalue weighted by Crippen LogP contribution is 2.35. The van der Waals surface area contributed by atoms with Crippen LogP contribution in [0.2, 0.25) is 0 Å². The molecule has 1 aromatic carbocycles. The Bertz CT molecular complexity index is 931. The molecule has 1 aliphatic rings. The van der Waals surface area contributed by atoms with Crippen LogP contribution in [0.3, 0.4) is 0 Å². The molecular formula is C20H23N5O2. The van der Waals surface area contributed by atoms with Gasteiger partial charge in [-0.2, -0.15) is 10.1 Å². The zero-order valence-corrected chi connectivity index (χ0v) is 15.3. The van der Waals surface area contributed by atoms with Crippen LogP contribution in [0.25, 0.3) is 5.78 Å². The normalized spacial score (nSPS) is 19.7. The minimum atomic E-state index is -0.0468. The van der Waals surface area contributed by atoms with E-state index in [2.05, 4.69) is 20.4 Å². The van der Waals surface area contributed by atoms with Crippen molar-refractivity contribution in [3.05, 3.63) is 54.1 Å². The molecule has 0 atom stereocenters. The molecule has 0 unspecified atom stereocenters. The molecule has 0 aliphatic heterocycles. The number of aromatic nitrogens is 4. The fraction of sp³-hybridized carbons (Fsp3) is 0.400. The zero-order valence-electron chi connectivity index (χ0n) is 15.3. The van der Waals surface area contributed by atoms with Crippen molar-refractivity contribution in [3.8, 4) is 5.75 Å². The van der Waals surface area contributed by atoms with Gasteiger partial charge in [-0.05, 0) is 55.9 Å². The predicted octanol–water partition coefficient (Wildman–Crippen LogP) is 2.84. The lowest BCUT2D eigenvalue weighted by Crippen LogP contribution is -2.31. The molecule has 7 nitrogen and oxygen atoms in total. The number of hydrogen-bond donors (Lipinski definition) is 1. The second-order valence-corrected chi connectivity index (χ2v) is 7.00. The summed E-state index contributed by atoms with van der Waals surface area (Å²) in [5, 5.41) is 7.36. The van der Waals surface area contributed by atoms with Crippen molar-refractivity contribution in [3.63, 3.8) is 0 Å². The van der Waals surface area contributed by atoms with Gasteiger partial charge in [-0.1, -0.05) is 6.07 Å². The Morgan fingerprint density at radius 1 is 1.22 bits per heavy atom. The third kappa shape index (κ3) is 3.77. The van der Waals surface area contributed by atoms with Crippen LogP contribution in [0.5, 0.6) is 5.75 Å². The minimum Gasteiger partial charge on any atom is -0.497 e. The number of carbonyl (C=O) groups excluding carboxylic acids is 1. The first-order valence-electron chi connectivity index (χ1n) is 9.31. The number of fused-ring (bicyclic) bond motifs is 1. The van der Waals surface area contributed by atoms with Gasteiger partial charge in [0.2, 0.25) is 0 Å². The van der Waals surface area contributed by atoms with E-state index in [0.717, 1.165) is 25.7 Å². The van der Waals surface area contributed by atoms with E-state index < -0.39 is 0 Å². The Labute approximate surface area is 157 Å². The number of rotatable bonds is 5. The first-order valence-corrected chi connectivity index (χ1v) is 9.31. The van der Waals surface area contributed by atoms with Gasteiger partial charge >= 0.3 is 0 Å². The van der Waals surface area contributed by atoms with Crippen LogP contribution in [0.15, 0.2) is 42.9 Å². The summed E-state index contributed by atoms with van der Waals surface area (Å²) < 4.78 is 7.02. The fourth-order valence-corrected chi connectivity index (χ4v) is 3.83. The number of ether oxygens (including phenoxy) is 1. The van der Waals surface area contributed by atoms with Crippen molar-refractivity contribution in [1.82, 2.24) is 24.9 Å². The summed E-state index contributed by atoms with van der Waals surface area (Å²) in [6, 6.07) is 9.28. The average molecular weight is 365 g/mol. The molecule has 1 aliphatic carbocycles. The van der Waals surface area contributed by atoms with Gasteiger partial charge < -0.3 is 10.1 Å². The number of nitrogens with zero attached hydrogens (tertiary/aromatic N) is 4. The maximum atomic E-state index is 12.4.